The third-order valence-corrected chi connectivity index (χ3v) is 3.67. The van der Waals surface area contributed by atoms with Crippen LogP contribution in [0.5, 0.6) is 0 Å². The summed E-state index contributed by atoms with van der Waals surface area (Å²) < 4.78 is 19.2. The molecule has 5 nitrogen and oxygen atoms in total. The summed E-state index contributed by atoms with van der Waals surface area (Å²) in [5.74, 6) is -0.594. The number of amides is 1. The van der Waals surface area contributed by atoms with Gasteiger partial charge in [-0.1, -0.05) is 6.07 Å². The molecule has 1 amide bonds. The molecule has 0 atom stereocenters. The summed E-state index contributed by atoms with van der Waals surface area (Å²) in [5.41, 5.74) is 0.591. The molecule has 1 saturated heterocycles. The van der Waals surface area contributed by atoms with Crippen LogP contribution in [-0.4, -0.2) is 55.4 Å². The summed E-state index contributed by atoms with van der Waals surface area (Å²) in [6.45, 7) is 1.49. The number of aliphatic hydroxyl groups is 1. The van der Waals surface area contributed by atoms with Crippen molar-refractivity contribution in [3.05, 3.63) is 29.6 Å². The van der Waals surface area contributed by atoms with Crippen LogP contribution in [-0.2, 0) is 4.74 Å². The number of rotatable bonds is 5. The number of ether oxygens (including phenoxy) is 1. The fraction of sp³-hybridized carbons (Fsp3) is 0.533. The van der Waals surface area contributed by atoms with E-state index in [-0.39, 0.29) is 24.3 Å². The lowest BCUT2D eigenvalue weighted by Crippen LogP contribution is -2.41. The molecular weight excluding hydrogens is 275 g/mol. The van der Waals surface area contributed by atoms with Gasteiger partial charge >= 0.3 is 0 Å². The monoisotopic (exact) mass is 296 g/mol. The lowest BCUT2D eigenvalue weighted by atomic mass is 10.1. The summed E-state index contributed by atoms with van der Waals surface area (Å²) in [6.07, 6.45) is 1.55. The third-order valence-electron chi connectivity index (χ3n) is 3.67. The van der Waals surface area contributed by atoms with Gasteiger partial charge in [-0.3, -0.25) is 4.79 Å². The van der Waals surface area contributed by atoms with E-state index in [1.165, 1.54) is 6.07 Å². The Hall–Kier alpha value is -1.66. The highest BCUT2D eigenvalue weighted by Crippen LogP contribution is 2.23. The predicted molar refractivity (Wildman–Crippen MR) is 77.9 cm³/mol. The highest BCUT2D eigenvalue weighted by atomic mass is 19.1. The fourth-order valence-electron chi connectivity index (χ4n) is 2.57. The van der Waals surface area contributed by atoms with Crippen molar-refractivity contribution in [2.45, 2.75) is 18.9 Å². The molecule has 1 aromatic rings. The zero-order valence-electron chi connectivity index (χ0n) is 12.1. The quantitative estimate of drug-likeness (QED) is 0.864. The summed E-state index contributed by atoms with van der Waals surface area (Å²) in [6, 6.07) is 4.50. The van der Waals surface area contributed by atoms with Crippen LogP contribution in [0.4, 0.5) is 10.1 Å². The van der Waals surface area contributed by atoms with E-state index in [0.29, 0.717) is 25.3 Å². The van der Waals surface area contributed by atoms with E-state index in [2.05, 4.69) is 5.32 Å². The molecule has 0 aliphatic carbocycles. The summed E-state index contributed by atoms with van der Waals surface area (Å²) in [5, 5.41) is 11.5. The van der Waals surface area contributed by atoms with E-state index in [1.807, 2.05) is 0 Å². The van der Waals surface area contributed by atoms with E-state index in [0.717, 1.165) is 12.8 Å². The molecular formula is C15H21FN2O3. The minimum atomic E-state index is -0.426. The van der Waals surface area contributed by atoms with Crippen LogP contribution in [0.25, 0.3) is 0 Å². The van der Waals surface area contributed by atoms with Crippen LogP contribution < -0.4 is 5.32 Å². The van der Waals surface area contributed by atoms with Gasteiger partial charge in [-0.25, -0.2) is 4.39 Å². The number of carbonyl (C=O) groups excluding carboxylic acids is 1. The Labute approximate surface area is 123 Å². The number of halogens is 1. The van der Waals surface area contributed by atoms with Crippen molar-refractivity contribution in [3.8, 4) is 0 Å². The Balaban J connectivity index is 2.01. The predicted octanol–water partition coefficient (Wildman–Crippen LogP) is 1.48. The van der Waals surface area contributed by atoms with Gasteiger partial charge in [-0.2, -0.15) is 0 Å². The lowest BCUT2D eigenvalue weighted by Gasteiger charge is -2.32. The summed E-state index contributed by atoms with van der Waals surface area (Å²) in [4.78, 5) is 14.2. The highest BCUT2D eigenvalue weighted by Gasteiger charge is 2.25. The number of likely N-dealkylation sites (tertiary alicyclic amines) is 1. The Morgan fingerprint density at radius 2 is 2.19 bits per heavy atom. The number of benzene rings is 1. The molecule has 0 radical (unpaired) electrons. The Bertz CT molecular complexity index is 488. The summed E-state index contributed by atoms with van der Waals surface area (Å²) in [7, 11) is 1.60. The zero-order valence-corrected chi connectivity index (χ0v) is 12.1. The molecule has 1 fully saturated rings. The number of nitrogens with one attached hydrogen (secondary N) is 1. The molecule has 1 aliphatic rings. The average Bonchev–Trinajstić information content (AvgIpc) is 2.52. The van der Waals surface area contributed by atoms with Crippen molar-refractivity contribution in [3.63, 3.8) is 0 Å². The largest absolute Gasteiger partial charge is 0.394 e. The molecule has 2 rings (SSSR count). The number of nitrogens with zero attached hydrogens (tertiary/aromatic N) is 1. The number of hydrogen-bond acceptors (Lipinski definition) is 4. The van der Waals surface area contributed by atoms with Crippen molar-refractivity contribution in [1.29, 1.82) is 0 Å². The van der Waals surface area contributed by atoms with Crippen LogP contribution >= 0.6 is 0 Å². The van der Waals surface area contributed by atoms with Gasteiger partial charge in [0.25, 0.3) is 5.91 Å². The molecule has 116 valence electrons. The number of carbonyl (C=O) groups is 1. The van der Waals surface area contributed by atoms with Crippen LogP contribution in [0.15, 0.2) is 18.2 Å². The number of anilines is 1. The van der Waals surface area contributed by atoms with Crippen molar-refractivity contribution < 1.29 is 19.0 Å². The Kier molecular flexibility index (Phi) is 5.52. The average molecular weight is 296 g/mol. The first kappa shape index (κ1) is 15.7. The van der Waals surface area contributed by atoms with Gasteiger partial charge in [-0.05, 0) is 25.0 Å². The van der Waals surface area contributed by atoms with E-state index < -0.39 is 5.82 Å². The molecule has 1 heterocycles. The van der Waals surface area contributed by atoms with Crippen LogP contribution in [0, 0.1) is 5.82 Å². The van der Waals surface area contributed by atoms with Gasteiger partial charge in [0.2, 0.25) is 0 Å². The maximum absolute atomic E-state index is 13.7. The third kappa shape index (κ3) is 3.71. The SMILES string of the molecule is CNc1c(F)cccc1C(=O)N1CCC(OCCO)CC1. The number of aliphatic hydroxyl groups excluding tert-OH is 1. The van der Waals surface area contributed by atoms with Gasteiger partial charge in [0, 0.05) is 20.1 Å². The molecule has 6 heteroatoms. The van der Waals surface area contributed by atoms with Crippen molar-refractivity contribution in [2.24, 2.45) is 0 Å². The number of piperidine rings is 1. The minimum absolute atomic E-state index is 0.00790. The first-order valence-electron chi connectivity index (χ1n) is 7.15. The van der Waals surface area contributed by atoms with E-state index >= 15 is 0 Å². The molecule has 1 aromatic carbocycles. The minimum Gasteiger partial charge on any atom is -0.394 e. The summed E-state index contributed by atoms with van der Waals surface area (Å²) >= 11 is 0. The van der Waals surface area contributed by atoms with E-state index in [9.17, 15) is 9.18 Å². The van der Waals surface area contributed by atoms with E-state index in [4.69, 9.17) is 9.84 Å². The van der Waals surface area contributed by atoms with Crippen LogP contribution in [0.1, 0.15) is 23.2 Å². The van der Waals surface area contributed by atoms with Gasteiger partial charge in [0.1, 0.15) is 5.82 Å². The smallest absolute Gasteiger partial charge is 0.256 e. The van der Waals surface area contributed by atoms with Crippen LogP contribution in [0.2, 0.25) is 0 Å². The van der Waals surface area contributed by atoms with Crippen molar-refractivity contribution >= 4 is 11.6 Å². The first-order valence-corrected chi connectivity index (χ1v) is 7.15. The standard InChI is InChI=1S/C15H21FN2O3/c1-17-14-12(3-2-4-13(14)16)15(20)18-7-5-11(6-8-18)21-10-9-19/h2-4,11,17,19H,5-10H2,1H3. The maximum Gasteiger partial charge on any atom is 0.256 e. The molecule has 21 heavy (non-hydrogen) atoms. The highest BCUT2D eigenvalue weighted by molar-refractivity contribution is 5.99. The van der Waals surface area contributed by atoms with Gasteiger partial charge in [0.05, 0.1) is 30.6 Å². The molecule has 0 aromatic heterocycles. The Morgan fingerprint density at radius 3 is 2.81 bits per heavy atom. The first-order chi connectivity index (χ1) is 10.2. The normalized spacial score (nSPS) is 16.0. The molecule has 0 bridgehead atoms. The lowest BCUT2D eigenvalue weighted by molar-refractivity contribution is -0.00553. The van der Waals surface area contributed by atoms with Crippen LogP contribution in [0.3, 0.4) is 0 Å². The second kappa shape index (κ2) is 7.38. The molecule has 0 unspecified atom stereocenters. The van der Waals surface area contributed by atoms with Crippen molar-refractivity contribution in [2.75, 3.05) is 38.7 Å². The fourth-order valence-corrected chi connectivity index (χ4v) is 2.57. The zero-order chi connectivity index (χ0) is 15.2. The van der Waals surface area contributed by atoms with Gasteiger partial charge in [-0.15, -0.1) is 0 Å². The van der Waals surface area contributed by atoms with Crippen molar-refractivity contribution in [1.82, 2.24) is 4.90 Å². The second-order valence-corrected chi connectivity index (χ2v) is 5.00. The number of para-hydroxylation sites is 1. The number of hydrogen-bond donors (Lipinski definition) is 2. The molecule has 0 spiro atoms. The molecule has 0 saturated carbocycles. The van der Waals surface area contributed by atoms with Gasteiger partial charge in [0.15, 0.2) is 0 Å². The van der Waals surface area contributed by atoms with E-state index in [1.54, 1.807) is 24.1 Å². The Morgan fingerprint density at radius 1 is 1.48 bits per heavy atom. The maximum atomic E-state index is 13.7. The van der Waals surface area contributed by atoms with Gasteiger partial charge < -0.3 is 20.1 Å². The topological polar surface area (TPSA) is 61.8 Å². The second-order valence-electron chi connectivity index (χ2n) is 5.00. The molecule has 1 aliphatic heterocycles. The molecule has 2 N–H and O–H groups in total.